The van der Waals surface area contributed by atoms with E-state index in [9.17, 15) is 0 Å². The third-order valence-electron chi connectivity index (χ3n) is 3.09. The Morgan fingerprint density at radius 2 is 1.90 bits per heavy atom. The molecule has 0 bridgehead atoms. The van der Waals surface area contributed by atoms with Crippen molar-refractivity contribution in [3.63, 3.8) is 0 Å². The van der Waals surface area contributed by atoms with Gasteiger partial charge in [0.1, 0.15) is 12.4 Å². The average Bonchev–Trinajstić information content (AvgIpc) is 2.49. The Morgan fingerprint density at radius 1 is 1.10 bits per heavy atom. The predicted octanol–water partition coefficient (Wildman–Crippen LogP) is 2.79. The lowest BCUT2D eigenvalue weighted by molar-refractivity contribution is 0.124. The highest BCUT2D eigenvalue weighted by Crippen LogP contribution is 2.27. The SMILES string of the molecule is CCCOCCC(NC)c1ccccc1OCCOC. The van der Waals surface area contributed by atoms with Crippen LogP contribution in [0, 0.1) is 0 Å². The molecule has 114 valence electrons. The second kappa shape index (κ2) is 10.7. The molecule has 1 atom stereocenters. The number of benzene rings is 1. The number of hydrogen-bond acceptors (Lipinski definition) is 4. The number of methoxy groups -OCH3 is 1. The van der Waals surface area contributed by atoms with E-state index in [1.54, 1.807) is 7.11 Å². The van der Waals surface area contributed by atoms with E-state index in [1.165, 1.54) is 5.56 Å². The monoisotopic (exact) mass is 281 g/mol. The first-order valence-corrected chi connectivity index (χ1v) is 7.29. The van der Waals surface area contributed by atoms with Crippen molar-refractivity contribution in [3.8, 4) is 5.75 Å². The molecule has 1 aromatic carbocycles. The summed E-state index contributed by atoms with van der Waals surface area (Å²) < 4.78 is 16.4. The van der Waals surface area contributed by atoms with Crippen LogP contribution in [0.15, 0.2) is 24.3 Å². The molecule has 4 nitrogen and oxygen atoms in total. The van der Waals surface area contributed by atoms with Crippen LogP contribution in [0.5, 0.6) is 5.75 Å². The van der Waals surface area contributed by atoms with Crippen LogP contribution in [0.25, 0.3) is 0 Å². The molecular weight excluding hydrogens is 254 g/mol. The minimum atomic E-state index is 0.241. The van der Waals surface area contributed by atoms with Crippen LogP contribution in [-0.4, -0.2) is 40.6 Å². The number of hydrogen-bond donors (Lipinski definition) is 1. The fraction of sp³-hybridized carbons (Fsp3) is 0.625. The minimum absolute atomic E-state index is 0.241. The Labute approximate surface area is 122 Å². The smallest absolute Gasteiger partial charge is 0.124 e. The van der Waals surface area contributed by atoms with Gasteiger partial charge in [-0.1, -0.05) is 25.1 Å². The molecule has 20 heavy (non-hydrogen) atoms. The van der Waals surface area contributed by atoms with Gasteiger partial charge in [-0.2, -0.15) is 0 Å². The van der Waals surface area contributed by atoms with Gasteiger partial charge in [0.05, 0.1) is 6.61 Å². The van der Waals surface area contributed by atoms with Crippen molar-refractivity contribution in [2.75, 3.05) is 40.6 Å². The van der Waals surface area contributed by atoms with Gasteiger partial charge in [0.15, 0.2) is 0 Å². The highest BCUT2D eigenvalue weighted by atomic mass is 16.5. The lowest BCUT2D eigenvalue weighted by atomic mass is 10.0. The molecule has 4 heteroatoms. The molecule has 1 unspecified atom stereocenters. The van der Waals surface area contributed by atoms with Gasteiger partial charge in [-0.3, -0.25) is 0 Å². The highest BCUT2D eigenvalue weighted by Gasteiger charge is 2.14. The van der Waals surface area contributed by atoms with Crippen LogP contribution in [0.3, 0.4) is 0 Å². The van der Waals surface area contributed by atoms with Crippen LogP contribution in [0.4, 0.5) is 0 Å². The number of ether oxygens (including phenoxy) is 3. The largest absolute Gasteiger partial charge is 0.491 e. The molecule has 0 aliphatic rings. The molecule has 0 aromatic heterocycles. The molecule has 1 rings (SSSR count). The van der Waals surface area contributed by atoms with E-state index in [2.05, 4.69) is 18.3 Å². The van der Waals surface area contributed by atoms with Crippen LogP contribution in [-0.2, 0) is 9.47 Å². The van der Waals surface area contributed by atoms with Gasteiger partial charge in [0.25, 0.3) is 0 Å². The molecule has 0 heterocycles. The zero-order chi connectivity index (χ0) is 14.6. The number of nitrogens with one attached hydrogen (secondary N) is 1. The van der Waals surface area contributed by atoms with E-state index in [4.69, 9.17) is 14.2 Å². The Balaban J connectivity index is 2.60. The van der Waals surface area contributed by atoms with Crippen LogP contribution < -0.4 is 10.1 Å². The van der Waals surface area contributed by atoms with E-state index in [-0.39, 0.29) is 6.04 Å². The Bertz CT molecular complexity index is 357. The summed E-state index contributed by atoms with van der Waals surface area (Å²) in [5.74, 6) is 0.916. The van der Waals surface area contributed by atoms with Crippen molar-refractivity contribution in [1.82, 2.24) is 5.32 Å². The molecule has 0 aliphatic heterocycles. The van der Waals surface area contributed by atoms with E-state index < -0.39 is 0 Å². The Morgan fingerprint density at radius 3 is 2.60 bits per heavy atom. The summed E-state index contributed by atoms with van der Waals surface area (Å²) in [6, 6.07) is 8.37. The maximum absolute atomic E-state index is 5.78. The fourth-order valence-corrected chi connectivity index (χ4v) is 2.04. The molecule has 0 amide bonds. The van der Waals surface area contributed by atoms with Crippen molar-refractivity contribution in [2.24, 2.45) is 0 Å². The molecule has 0 fully saturated rings. The lowest BCUT2D eigenvalue weighted by Crippen LogP contribution is -2.20. The van der Waals surface area contributed by atoms with Crippen LogP contribution in [0.1, 0.15) is 31.4 Å². The first-order valence-electron chi connectivity index (χ1n) is 7.29. The van der Waals surface area contributed by atoms with Gasteiger partial charge in [-0.25, -0.2) is 0 Å². The first-order chi connectivity index (χ1) is 9.83. The number of rotatable bonds is 11. The van der Waals surface area contributed by atoms with Gasteiger partial charge in [0.2, 0.25) is 0 Å². The van der Waals surface area contributed by atoms with Crippen molar-refractivity contribution >= 4 is 0 Å². The molecule has 0 aliphatic carbocycles. The molecular formula is C16H27NO3. The standard InChI is InChI=1S/C16H27NO3/c1-4-10-19-11-9-15(17-2)14-7-5-6-8-16(14)20-13-12-18-3/h5-8,15,17H,4,9-13H2,1-3H3. The van der Waals surface area contributed by atoms with Gasteiger partial charge in [-0.15, -0.1) is 0 Å². The van der Waals surface area contributed by atoms with Crippen molar-refractivity contribution in [3.05, 3.63) is 29.8 Å². The van der Waals surface area contributed by atoms with Crippen LogP contribution in [0.2, 0.25) is 0 Å². The molecule has 0 saturated carbocycles. The summed E-state index contributed by atoms with van der Waals surface area (Å²) in [5.41, 5.74) is 1.17. The van der Waals surface area contributed by atoms with Gasteiger partial charge < -0.3 is 19.5 Å². The average molecular weight is 281 g/mol. The van der Waals surface area contributed by atoms with Crippen molar-refractivity contribution in [1.29, 1.82) is 0 Å². The molecule has 0 saturated heterocycles. The van der Waals surface area contributed by atoms with E-state index >= 15 is 0 Å². The summed E-state index contributed by atoms with van der Waals surface area (Å²) in [6.07, 6.45) is 1.99. The number of para-hydroxylation sites is 1. The molecule has 0 radical (unpaired) electrons. The molecule has 1 aromatic rings. The summed E-state index contributed by atoms with van der Waals surface area (Å²) in [7, 11) is 3.65. The lowest BCUT2D eigenvalue weighted by Gasteiger charge is -2.20. The van der Waals surface area contributed by atoms with E-state index in [1.807, 2.05) is 25.2 Å². The summed E-state index contributed by atoms with van der Waals surface area (Å²) in [4.78, 5) is 0. The molecule has 0 spiro atoms. The topological polar surface area (TPSA) is 39.7 Å². The van der Waals surface area contributed by atoms with Gasteiger partial charge >= 0.3 is 0 Å². The normalized spacial score (nSPS) is 12.3. The van der Waals surface area contributed by atoms with Crippen molar-refractivity contribution < 1.29 is 14.2 Å². The summed E-state index contributed by atoms with van der Waals surface area (Å²) >= 11 is 0. The van der Waals surface area contributed by atoms with E-state index in [0.29, 0.717) is 13.2 Å². The third-order valence-corrected chi connectivity index (χ3v) is 3.09. The zero-order valence-electron chi connectivity index (χ0n) is 12.9. The second-order valence-electron chi connectivity index (χ2n) is 4.62. The maximum Gasteiger partial charge on any atom is 0.124 e. The Kier molecular flexibility index (Phi) is 9.04. The quantitative estimate of drug-likeness (QED) is 0.633. The predicted molar refractivity (Wildman–Crippen MR) is 81.3 cm³/mol. The molecule has 1 N–H and O–H groups in total. The van der Waals surface area contributed by atoms with Crippen molar-refractivity contribution in [2.45, 2.75) is 25.8 Å². The fourth-order valence-electron chi connectivity index (χ4n) is 2.04. The second-order valence-corrected chi connectivity index (χ2v) is 4.62. The Hall–Kier alpha value is -1.10. The maximum atomic E-state index is 5.78. The highest BCUT2D eigenvalue weighted by molar-refractivity contribution is 5.35. The van der Waals surface area contributed by atoms with Crippen LogP contribution >= 0.6 is 0 Å². The summed E-state index contributed by atoms with van der Waals surface area (Å²) in [5, 5.41) is 3.33. The summed E-state index contributed by atoms with van der Waals surface area (Å²) in [6.45, 7) is 4.86. The third kappa shape index (κ3) is 5.90. The zero-order valence-corrected chi connectivity index (χ0v) is 12.9. The first kappa shape index (κ1) is 17.0. The van der Waals surface area contributed by atoms with Gasteiger partial charge in [0, 0.05) is 31.9 Å². The van der Waals surface area contributed by atoms with Gasteiger partial charge in [-0.05, 0) is 26.0 Å². The van der Waals surface area contributed by atoms with E-state index in [0.717, 1.165) is 31.8 Å². The minimum Gasteiger partial charge on any atom is -0.491 e.